The van der Waals surface area contributed by atoms with E-state index in [2.05, 4.69) is 50.9 Å². The number of aromatic nitrogens is 3. The molecular formula is C24H32N4OS. The molecule has 0 radical (unpaired) electrons. The average molecular weight is 425 g/mol. The molecule has 1 N–H and O–H groups in total. The average Bonchev–Trinajstić information content (AvgIpc) is 3.17. The molecule has 6 heteroatoms. The first kappa shape index (κ1) is 21.2. The van der Waals surface area contributed by atoms with Gasteiger partial charge in [0.05, 0.1) is 11.3 Å². The zero-order chi connectivity index (χ0) is 20.9. The summed E-state index contributed by atoms with van der Waals surface area (Å²) in [6.45, 7) is 6.56. The fourth-order valence-corrected chi connectivity index (χ4v) is 5.63. The van der Waals surface area contributed by atoms with E-state index in [4.69, 9.17) is 0 Å². The summed E-state index contributed by atoms with van der Waals surface area (Å²) in [5.41, 5.74) is 2.63. The van der Waals surface area contributed by atoms with Gasteiger partial charge in [-0.25, -0.2) is 0 Å². The molecule has 1 aromatic heterocycles. The summed E-state index contributed by atoms with van der Waals surface area (Å²) in [7, 11) is 0. The third-order valence-corrected chi connectivity index (χ3v) is 7.45. The first-order valence-corrected chi connectivity index (χ1v) is 12.1. The number of carbonyl (C=O) groups is 1. The number of thioether (sulfide) groups is 1. The molecular weight excluding hydrogens is 392 g/mol. The fourth-order valence-electron chi connectivity index (χ4n) is 4.76. The molecule has 4 rings (SSSR count). The molecule has 1 aromatic carbocycles. The summed E-state index contributed by atoms with van der Waals surface area (Å²) >= 11 is 1.50. The highest BCUT2D eigenvalue weighted by molar-refractivity contribution is 8.00. The van der Waals surface area contributed by atoms with Crippen LogP contribution in [0.4, 0.5) is 0 Å². The summed E-state index contributed by atoms with van der Waals surface area (Å²) in [4.78, 5) is 13.0. The van der Waals surface area contributed by atoms with Crippen molar-refractivity contribution in [1.29, 1.82) is 0 Å². The number of hydrogen-bond acceptors (Lipinski definition) is 4. The first-order valence-electron chi connectivity index (χ1n) is 11.3. The van der Waals surface area contributed by atoms with E-state index in [1.165, 1.54) is 55.0 Å². The number of amides is 1. The van der Waals surface area contributed by atoms with Gasteiger partial charge in [0, 0.05) is 12.5 Å². The molecule has 0 aliphatic heterocycles. The number of benzene rings is 1. The molecule has 1 heterocycles. The minimum atomic E-state index is -0.231. The molecule has 30 heavy (non-hydrogen) atoms. The summed E-state index contributed by atoms with van der Waals surface area (Å²) in [5, 5.41) is 12.9. The second-order valence-corrected chi connectivity index (χ2v) is 9.80. The molecule has 2 aliphatic carbocycles. The van der Waals surface area contributed by atoms with Crippen molar-refractivity contribution in [3.63, 3.8) is 0 Å². The predicted octanol–water partition coefficient (Wildman–Crippen LogP) is 5.19. The van der Waals surface area contributed by atoms with Crippen LogP contribution in [0.2, 0.25) is 0 Å². The number of hydrogen-bond donors (Lipinski definition) is 1. The molecule has 1 fully saturated rings. The number of carbonyl (C=O) groups excluding carboxylic acids is 1. The van der Waals surface area contributed by atoms with Crippen LogP contribution in [0.25, 0.3) is 0 Å². The van der Waals surface area contributed by atoms with Gasteiger partial charge in [-0.05, 0) is 50.2 Å². The van der Waals surface area contributed by atoms with Crippen molar-refractivity contribution in [3.8, 4) is 0 Å². The minimum Gasteiger partial charge on any atom is -0.348 e. The summed E-state index contributed by atoms with van der Waals surface area (Å²) < 4.78 is 2.16. The van der Waals surface area contributed by atoms with Crippen LogP contribution in [-0.2, 0) is 17.8 Å². The van der Waals surface area contributed by atoms with Crippen LogP contribution in [0.5, 0.6) is 0 Å². The van der Waals surface area contributed by atoms with Gasteiger partial charge in [0.2, 0.25) is 5.91 Å². The lowest BCUT2D eigenvalue weighted by Gasteiger charge is -2.27. The smallest absolute Gasteiger partial charge is 0.233 e. The predicted molar refractivity (Wildman–Crippen MR) is 122 cm³/mol. The molecule has 1 saturated carbocycles. The fraction of sp³-hybridized carbons (Fsp3) is 0.542. The van der Waals surface area contributed by atoms with Gasteiger partial charge in [0.1, 0.15) is 5.82 Å². The normalized spacial score (nSPS) is 20.4. The van der Waals surface area contributed by atoms with Crippen LogP contribution in [0.1, 0.15) is 80.8 Å². The second-order valence-electron chi connectivity index (χ2n) is 8.49. The van der Waals surface area contributed by atoms with Gasteiger partial charge >= 0.3 is 0 Å². The van der Waals surface area contributed by atoms with Gasteiger partial charge in [-0.1, -0.05) is 61.4 Å². The maximum atomic E-state index is 13.0. The van der Waals surface area contributed by atoms with Crippen LogP contribution in [0.3, 0.4) is 0 Å². The Morgan fingerprint density at radius 3 is 2.83 bits per heavy atom. The van der Waals surface area contributed by atoms with Crippen molar-refractivity contribution in [2.75, 3.05) is 0 Å². The summed E-state index contributed by atoms with van der Waals surface area (Å²) in [6.07, 6.45) is 11.3. The summed E-state index contributed by atoms with van der Waals surface area (Å²) in [5.74, 6) is 1.60. The maximum Gasteiger partial charge on any atom is 0.233 e. The minimum absolute atomic E-state index is 0.0640. The van der Waals surface area contributed by atoms with Crippen molar-refractivity contribution in [1.82, 2.24) is 20.1 Å². The zero-order valence-electron chi connectivity index (χ0n) is 17.8. The molecule has 2 atom stereocenters. The van der Waals surface area contributed by atoms with E-state index in [0.717, 1.165) is 30.2 Å². The molecule has 0 spiro atoms. The Bertz CT molecular complexity index is 887. The van der Waals surface area contributed by atoms with Gasteiger partial charge in [-0.2, -0.15) is 0 Å². The van der Waals surface area contributed by atoms with E-state index in [1.807, 2.05) is 13.0 Å². The van der Waals surface area contributed by atoms with Gasteiger partial charge < -0.3 is 9.88 Å². The lowest BCUT2D eigenvalue weighted by atomic mass is 9.88. The molecule has 5 nitrogen and oxygen atoms in total. The van der Waals surface area contributed by atoms with Gasteiger partial charge in [-0.3, -0.25) is 4.79 Å². The Kier molecular flexibility index (Phi) is 6.93. The SMILES string of the molecule is C=CCn1c(S[C@@H](C)C(=O)N[C@H]2CCCc3ccccc32)nnc1C1CCCCC1. The Morgan fingerprint density at radius 2 is 2.03 bits per heavy atom. The van der Waals surface area contributed by atoms with Crippen molar-refractivity contribution >= 4 is 17.7 Å². The van der Waals surface area contributed by atoms with Crippen molar-refractivity contribution in [2.24, 2.45) is 0 Å². The Labute approximate surface area is 183 Å². The van der Waals surface area contributed by atoms with Gasteiger partial charge in [-0.15, -0.1) is 16.8 Å². The third-order valence-electron chi connectivity index (χ3n) is 6.36. The molecule has 160 valence electrons. The number of allylic oxidation sites excluding steroid dienone is 1. The van der Waals surface area contributed by atoms with Gasteiger partial charge in [0.15, 0.2) is 5.16 Å². The first-order chi connectivity index (χ1) is 14.7. The van der Waals surface area contributed by atoms with Gasteiger partial charge in [0.25, 0.3) is 0 Å². The van der Waals surface area contributed by atoms with Crippen LogP contribution in [0, 0.1) is 0 Å². The Balaban J connectivity index is 1.44. The van der Waals surface area contributed by atoms with Crippen molar-refractivity contribution < 1.29 is 4.79 Å². The lowest BCUT2D eigenvalue weighted by molar-refractivity contribution is -0.121. The Morgan fingerprint density at radius 1 is 1.23 bits per heavy atom. The summed E-state index contributed by atoms with van der Waals surface area (Å²) in [6, 6.07) is 8.57. The van der Waals surface area contributed by atoms with E-state index < -0.39 is 0 Å². The van der Waals surface area contributed by atoms with E-state index in [1.54, 1.807) is 0 Å². The quantitative estimate of drug-likeness (QED) is 0.491. The van der Waals surface area contributed by atoms with Crippen LogP contribution in [0.15, 0.2) is 42.1 Å². The molecule has 2 aliphatic rings. The van der Waals surface area contributed by atoms with E-state index >= 15 is 0 Å². The third kappa shape index (κ3) is 4.64. The van der Waals surface area contributed by atoms with Crippen LogP contribution in [-0.4, -0.2) is 25.9 Å². The van der Waals surface area contributed by atoms with Crippen molar-refractivity contribution in [3.05, 3.63) is 53.9 Å². The maximum absolute atomic E-state index is 13.0. The molecule has 2 aromatic rings. The number of rotatable bonds is 7. The zero-order valence-corrected chi connectivity index (χ0v) is 18.7. The van der Waals surface area contributed by atoms with E-state index in [0.29, 0.717) is 12.5 Å². The topological polar surface area (TPSA) is 59.8 Å². The highest BCUT2D eigenvalue weighted by atomic mass is 32.2. The number of nitrogens with one attached hydrogen (secondary N) is 1. The lowest BCUT2D eigenvalue weighted by Crippen LogP contribution is -2.36. The van der Waals surface area contributed by atoms with Crippen molar-refractivity contribution in [2.45, 2.75) is 87.2 Å². The van der Waals surface area contributed by atoms with E-state index in [-0.39, 0.29) is 17.2 Å². The number of aryl methyl sites for hydroxylation is 1. The monoisotopic (exact) mass is 424 g/mol. The van der Waals surface area contributed by atoms with Crippen LogP contribution < -0.4 is 5.32 Å². The molecule has 0 saturated heterocycles. The van der Waals surface area contributed by atoms with Crippen LogP contribution >= 0.6 is 11.8 Å². The number of nitrogens with zero attached hydrogens (tertiary/aromatic N) is 3. The highest BCUT2D eigenvalue weighted by Crippen LogP contribution is 2.34. The molecule has 0 bridgehead atoms. The standard InChI is InChI=1S/C24H32N4OS/c1-3-16-28-22(19-11-5-4-6-12-19)26-27-24(28)30-17(2)23(29)25-21-15-9-13-18-10-7-8-14-20(18)21/h3,7-8,10,14,17,19,21H,1,4-6,9,11-13,15-16H2,2H3,(H,25,29)/t17-,21-/m0/s1. The second kappa shape index (κ2) is 9.82. The molecule has 1 amide bonds. The molecule has 0 unspecified atom stereocenters. The Hall–Kier alpha value is -2.08. The highest BCUT2D eigenvalue weighted by Gasteiger charge is 2.27. The largest absolute Gasteiger partial charge is 0.348 e. The number of fused-ring (bicyclic) bond motifs is 1. The van der Waals surface area contributed by atoms with E-state index in [9.17, 15) is 4.79 Å².